The summed E-state index contributed by atoms with van der Waals surface area (Å²) in [5.41, 5.74) is -0.448. The number of amides is 1. The molecule has 1 aromatic rings. The van der Waals surface area contributed by atoms with Crippen molar-refractivity contribution in [2.75, 3.05) is 26.2 Å². The first-order valence-electron chi connectivity index (χ1n) is 8.28. The number of fused-ring (bicyclic) bond motifs is 2. The molecule has 1 fully saturated rings. The molecule has 2 aliphatic rings. The normalized spacial score (nSPS) is 20.7. The number of piperazine rings is 1. The first-order chi connectivity index (χ1) is 12.1. The van der Waals surface area contributed by atoms with E-state index in [4.69, 9.17) is 21.1 Å². The van der Waals surface area contributed by atoms with Crippen LogP contribution in [0.25, 0.3) is 0 Å². The van der Waals surface area contributed by atoms with Crippen molar-refractivity contribution < 1.29 is 23.0 Å². The van der Waals surface area contributed by atoms with Crippen molar-refractivity contribution in [2.45, 2.75) is 39.0 Å². The molecule has 0 aromatic heterocycles. The Labute approximate surface area is 169 Å². The highest BCUT2D eigenvalue weighted by Crippen LogP contribution is 2.40. The van der Waals surface area contributed by atoms with Crippen molar-refractivity contribution in [3.63, 3.8) is 0 Å². The molecule has 26 heavy (non-hydrogen) atoms. The van der Waals surface area contributed by atoms with Crippen LogP contribution in [0.4, 0.5) is 13.6 Å². The number of ether oxygens (including phenoxy) is 2. The zero-order valence-corrected chi connectivity index (χ0v) is 17.7. The van der Waals surface area contributed by atoms with Crippen LogP contribution in [0, 0.1) is 15.2 Å². The van der Waals surface area contributed by atoms with Crippen LogP contribution < -0.4 is 4.74 Å². The van der Waals surface area contributed by atoms with Gasteiger partial charge < -0.3 is 14.4 Å². The molecule has 144 valence electrons. The van der Waals surface area contributed by atoms with E-state index in [-0.39, 0.29) is 45.2 Å². The van der Waals surface area contributed by atoms with E-state index in [2.05, 4.69) is 0 Å². The predicted octanol–water partition coefficient (Wildman–Crippen LogP) is 4.04. The maximum atomic E-state index is 14.4. The molecule has 0 bridgehead atoms. The van der Waals surface area contributed by atoms with E-state index in [1.54, 1.807) is 27.5 Å². The molecule has 9 heteroatoms. The number of hydrogen-bond acceptors (Lipinski definition) is 4. The van der Waals surface area contributed by atoms with Crippen molar-refractivity contribution in [3.8, 4) is 5.75 Å². The third kappa shape index (κ3) is 3.87. The minimum absolute atomic E-state index is 0.00997. The molecule has 0 spiro atoms. The molecule has 0 N–H and O–H groups in total. The number of rotatable bonds is 0. The Balaban J connectivity index is 1.80. The van der Waals surface area contributed by atoms with Crippen LogP contribution in [-0.2, 0) is 11.3 Å². The highest BCUT2D eigenvalue weighted by atomic mass is 127. The van der Waals surface area contributed by atoms with E-state index in [0.29, 0.717) is 19.6 Å². The first-order valence-corrected chi connectivity index (χ1v) is 9.73. The second-order valence-electron chi connectivity index (χ2n) is 7.43. The topological polar surface area (TPSA) is 42.0 Å². The van der Waals surface area contributed by atoms with Gasteiger partial charge in [0.15, 0.2) is 11.6 Å². The van der Waals surface area contributed by atoms with Gasteiger partial charge in [0, 0.05) is 31.7 Å². The molecule has 1 unspecified atom stereocenters. The van der Waals surface area contributed by atoms with Crippen molar-refractivity contribution in [3.05, 3.63) is 25.8 Å². The quantitative estimate of drug-likeness (QED) is 0.306. The molecule has 1 saturated heterocycles. The molecule has 2 heterocycles. The number of halogens is 4. The summed E-state index contributed by atoms with van der Waals surface area (Å²) >= 11 is 7.84. The Kier molecular flexibility index (Phi) is 5.56. The van der Waals surface area contributed by atoms with Gasteiger partial charge in [-0.2, -0.15) is 0 Å². The standard InChI is InChI=1S/C17H20ClF2IN2O3/c1-17(2,3)26-16(24)23-5-4-22-7-10-12(19)13(20)14(21)11(18)15(10)25-8-9(22)6-23/h9H,4-8H2,1-3H3. The molecule has 2 aliphatic heterocycles. The predicted molar refractivity (Wildman–Crippen MR) is 102 cm³/mol. The smallest absolute Gasteiger partial charge is 0.410 e. The Hall–Kier alpha value is -0.870. The van der Waals surface area contributed by atoms with Gasteiger partial charge in [0.2, 0.25) is 0 Å². The molecule has 1 amide bonds. The molecular weight excluding hydrogens is 481 g/mol. The number of benzene rings is 1. The minimum Gasteiger partial charge on any atom is -0.490 e. The average molecular weight is 501 g/mol. The van der Waals surface area contributed by atoms with Gasteiger partial charge in [0.1, 0.15) is 18.0 Å². The summed E-state index contributed by atoms with van der Waals surface area (Å²) in [4.78, 5) is 15.9. The highest BCUT2D eigenvalue weighted by molar-refractivity contribution is 14.1. The SMILES string of the molecule is CC(C)(C)OC(=O)N1CCN2Cc3c(F)c(F)c(I)c(Cl)c3OCC2C1. The third-order valence-corrected chi connectivity index (χ3v) is 6.05. The molecule has 0 radical (unpaired) electrons. The minimum atomic E-state index is -0.955. The Bertz CT molecular complexity index is 742. The summed E-state index contributed by atoms with van der Waals surface area (Å²) in [6, 6.07) is -0.153. The van der Waals surface area contributed by atoms with Gasteiger partial charge in [-0.05, 0) is 43.4 Å². The summed E-state index contributed by atoms with van der Waals surface area (Å²) in [6.07, 6.45) is -0.385. The van der Waals surface area contributed by atoms with E-state index >= 15 is 0 Å². The maximum absolute atomic E-state index is 14.4. The second kappa shape index (κ2) is 7.27. The zero-order valence-electron chi connectivity index (χ0n) is 14.7. The fraction of sp³-hybridized carbons (Fsp3) is 0.588. The highest BCUT2D eigenvalue weighted by Gasteiger charge is 2.36. The lowest BCUT2D eigenvalue weighted by atomic mass is 10.1. The first kappa shape index (κ1) is 19.9. The van der Waals surface area contributed by atoms with Crippen LogP contribution in [0.1, 0.15) is 26.3 Å². The summed E-state index contributed by atoms with van der Waals surface area (Å²) < 4.78 is 39.6. The fourth-order valence-electron chi connectivity index (χ4n) is 3.08. The van der Waals surface area contributed by atoms with Crippen molar-refractivity contribution in [1.82, 2.24) is 9.80 Å². The lowest BCUT2D eigenvalue weighted by molar-refractivity contribution is -0.00164. The summed E-state index contributed by atoms with van der Waals surface area (Å²) in [6.45, 7) is 7.20. The summed E-state index contributed by atoms with van der Waals surface area (Å²) in [5, 5.41) is 0.0864. The summed E-state index contributed by atoms with van der Waals surface area (Å²) in [5.74, 6) is -1.69. The van der Waals surface area contributed by atoms with Gasteiger partial charge >= 0.3 is 6.09 Å². The zero-order chi connectivity index (χ0) is 19.2. The van der Waals surface area contributed by atoms with Gasteiger partial charge in [-0.3, -0.25) is 4.90 Å². The molecule has 1 aromatic carbocycles. The Morgan fingerprint density at radius 1 is 1.31 bits per heavy atom. The van der Waals surface area contributed by atoms with Gasteiger partial charge in [0.25, 0.3) is 0 Å². The van der Waals surface area contributed by atoms with Crippen LogP contribution in [-0.4, -0.2) is 53.8 Å². The largest absolute Gasteiger partial charge is 0.490 e. The monoisotopic (exact) mass is 500 g/mol. The Morgan fingerprint density at radius 2 is 2.00 bits per heavy atom. The molecule has 0 saturated carbocycles. The van der Waals surface area contributed by atoms with Crippen LogP contribution in [0.3, 0.4) is 0 Å². The lowest BCUT2D eigenvalue weighted by Crippen LogP contribution is -2.56. The van der Waals surface area contributed by atoms with E-state index in [1.165, 1.54) is 0 Å². The van der Waals surface area contributed by atoms with Crippen molar-refractivity contribution >= 4 is 40.3 Å². The van der Waals surface area contributed by atoms with Gasteiger partial charge in [-0.1, -0.05) is 11.6 Å². The number of hydrogen-bond donors (Lipinski definition) is 0. The van der Waals surface area contributed by atoms with Crippen molar-refractivity contribution in [2.24, 2.45) is 0 Å². The molecular formula is C17H20ClF2IN2O3. The van der Waals surface area contributed by atoms with Crippen LogP contribution in [0.5, 0.6) is 5.75 Å². The van der Waals surface area contributed by atoms with E-state index in [0.717, 1.165) is 0 Å². The average Bonchev–Trinajstić information content (AvgIpc) is 2.75. The van der Waals surface area contributed by atoms with Gasteiger partial charge in [-0.15, -0.1) is 0 Å². The van der Waals surface area contributed by atoms with E-state index in [9.17, 15) is 13.6 Å². The fourth-order valence-corrected chi connectivity index (χ4v) is 3.82. The maximum Gasteiger partial charge on any atom is 0.410 e. The molecule has 1 atom stereocenters. The third-order valence-electron chi connectivity index (χ3n) is 4.35. The van der Waals surface area contributed by atoms with E-state index in [1.807, 2.05) is 25.7 Å². The molecule has 5 nitrogen and oxygen atoms in total. The van der Waals surface area contributed by atoms with Gasteiger partial charge in [0.05, 0.1) is 14.6 Å². The van der Waals surface area contributed by atoms with Gasteiger partial charge in [-0.25, -0.2) is 13.6 Å². The summed E-state index contributed by atoms with van der Waals surface area (Å²) in [7, 11) is 0. The van der Waals surface area contributed by atoms with Crippen molar-refractivity contribution in [1.29, 1.82) is 0 Å². The Morgan fingerprint density at radius 3 is 2.65 bits per heavy atom. The lowest BCUT2D eigenvalue weighted by Gasteiger charge is -2.40. The second-order valence-corrected chi connectivity index (χ2v) is 8.88. The number of carbonyl (C=O) groups is 1. The van der Waals surface area contributed by atoms with Crippen LogP contribution >= 0.6 is 34.2 Å². The number of carbonyl (C=O) groups excluding carboxylic acids is 1. The van der Waals surface area contributed by atoms with Crippen LogP contribution in [0.2, 0.25) is 5.02 Å². The molecule has 0 aliphatic carbocycles. The van der Waals surface area contributed by atoms with Crippen LogP contribution in [0.15, 0.2) is 0 Å². The number of nitrogens with zero attached hydrogens (tertiary/aromatic N) is 2. The van der Waals surface area contributed by atoms with E-state index < -0.39 is 17.2 Å². The molecule has 3 rings (SSSR count).